The van der Waals surface area contributed by atoms with Gasteiger partial charge in [0.25, 0.3) is 0 Å². The predicted molar refractivity (Wildman–Crippen MR) is 93.5 cm³/mol. The normalized spacial score (nSPS) is 18.2. The van der Waals surface area contributed by atoms with Crippen LogP contribution in [0.25, 0.3) is 0 Å². The second kappa shape index (κ2) is 8.11. The van der Waals surface area contributed by atoms with Crippen LogP contribution in [0.1, 0.15) is 49.8 Å². The fraction of sp³-hybridized carbons (Fsp3) is 0.450. The highest BCUT2D eigenvalue weighted by molar-refractivity contribution is 5.27. The van der Waals surface area contributed by atoms with E-state index in [2.05, 4.69) is 35.0 Å². The Balaban J connectivity index is 1.64. The first-order valence-electron chi connectivity index (χ1n) is 8.72. The SMILES string of the molecule is CCCCN1CCCC1c1cncc(OCc2ccccc2)c1. The van der Waals surface area contributed by atoms with Crippen LogP contribution in [0.2, 0.25) is 0 Å². The smallest absolute Gasteiger partial charge is 0.138 e. The molecule has 1 aliphatic heterocycles. The van der Waals surface area contributed by atoms with Crippen molar-refractivity contribution >= 4 is 0 Å². The Hall–Kier alpha value is -1.87. The van der Waals surface area contributed by atoms with E-state index in [-0.39, 0.29) is 0 Å². The number of hydrogen-bond donors (Lipinski definition) is 0. The van der Waals surface area contributed by atoms with Crippen LogP contribution in [0.5, 0.6) is 5.75 Å². The standard InChI is InChI=1S/C20H26N2O/c1-2-3-11-22-12-7-10-20(22)18-13-19(15-21-14-18)23-16-17-8-5-4-6-9-17/h4-6,8-9,13-15,20H,2-3,7,10-12,16H2,1H3. The van der Waals surface area contributed by atoms with Crippen molar-refractivity contribution in [3.63, 3.8) is 0 Å². The third kappa shape index (κ3) is 4.32. The molecule has 0 spiro atoms. The Kier molecular flexibility index (Phi) is 5.65. The van der Waals surface area contributed by atoms with Gasteiger partial charge in [0.15, 0.2) is 0 Å². The maximum absolute atomic E-state index is 5.93. The number of rotatable bonds is 7. The minimum atomic E-state index is 0.509. The zero-order valence-electron chi connectivity index (χ0n) is 13.9. The zero-order chi connectivity index (χ0) is 15.9. The maximum atomic E-state index is 5.93. The maximum Gasteiger partial charge on any atom is 0.138 e. The summed E-state index contributed by atoms with van der Waals surface area (Å²) >= 11 is 0. The lowest BCUT2D eigenvalue weighted by atomic mass is 10.1. The second-order valence-corrected chi connectivity index (χ2v) is 6.28. The van der Waals surface area contributed by atoms with E-state index in [0.29, 0.717) is 12.6 Å². The Morgan fingerprint density at radius 1 is 1.22 bits per heavy atom. The molecule has 0 N–H and O–H groups in total. The van der Waals surface area contributed by atoms with E-state index in [9.17, 15) is 0 Å². The molecule has 1 fully saturated rings. The first kappa shape index (κ1) is 16.0. The van der Waals surface area contributed by atoms with Crippen molar-refractivity contribution in [2.45, 2.75) is 45.3 Å². The molecular weight excluding hydrogens is 284 g/mol. The molecule has 1 aromatic heterocycles. The third-order valence-electron chi connectivity index (χ3n) is 4.53. The second-order valence-electron chi connectivity index (χ2n) is 6.28. The molecule has 2 heterocycles. The highest BCUT2D eigenvalue weighted by Gasteiger charge is 2.25. The molecule has 1 aliphatic rings. The monoisotopic (exact) mass is 310 g/mol. The Labute approximate surface area is 139 Å². The Morgan fingerprint density at radius 2 is 2.09 bits per heavy atom. The molecule has 0 radical (unpaired) electrons. The van der Waals surface area contributed by atoms with Gasteiger partial charge in [0.1, 0.15) is 12.4 Å². The van der Waals surface area contributed by atoms with Gasteiger partial charge in [0, 0.05) is 12.2 Å². The molecule has 3 heteroatoms. The summed E-state index contributed by atoms with van der Waals surface area (Å²) in [6, 6.07) is 13.0. The highest BCUT2D eigenvalue weighted by Crippen LogP contribution is 2.33. The lowest BCUT2D eigenvalue weighted by Gasteiger charge is -2.24. The van der Waals surface area contributed by atoms with Crippen molar-refractivity contribution in [2.75, 3.05) is 13.1 Å². The van der Waals surface area contributed by atoms with Crippen LogP contribution < -0.4 is 4.74 Å². The molecule has 122 valence electrons. The van der Waals surface area contributed by atoms with Gasteiger partial charge < -0.3 is 4.74 Å². The molecule has 0 aliphatic carbocycles. The summed E-state index contributed by atoms with van der Waals surface area (Å²) in [4.78, 5) is 7.00. The van der Waals surface area contributed by atoms with Gasteiger partial charge in [-0.3, -0.25) is 9.88 Å². The van der Waals surface area contributed by atoms with Crippen molar-refractivity contribution in [3.8, 4) is 5.75 Å². The number of unbranched alkanes of at least 4 members (excludes halogenated alkanes) is 1. The molecule has 23 heavy (non-hydrogen) atoms. The van der Waals surface area contributed by atoms with Gasteiger partial charge >= 0.3 is 0 Å². The third-order valence-corrected chi connectivity index (χ3v) is 4.53. The van der Waals surface area contributed by atoms with Crippen molar-refractivity contribution in [3.05, 3.63) is 59.9 Å². The fourth-order valence-corrected chi connectivity index (χ4v) is 3.27. The fourth-order valence-electron chi connectivity index (χ4n) is 3.27. The van der Waals surface area contributed by atoms with Crippen LogP contribution >= 0.6 is 0 Å². The first-order valence-corrected chi connectivity index (χ1v) is 8.72. The first-order chi connectivity index (χ1) is 11.4. The molecule has 0 bridgehead atoms. The van der Waals surface area contributed by atoms with E-state index in [1.165, 1.54) is 49.9 Å². The van der Waals surface area contributed by atoms with Gasteiger partial charge in [0.2, 0.25) is 0 Å². The molecule has 2 aromatic rings. The number of ether oxygens (including phenoxy) is 1. The van der Waals surface area contributed by atoms with Crippen molar-refractivity contribution in [1.29, 1.82) is 0 Å². The summed E-state index contributed by atoms with van der Waals surface area (Å²) in [7, 11) is 0. The molecule has 1 atom stereocenters. The summed E-state index contributed by atoms with van der Waals surface area (Å²) < 4.78 is 5.93. The van der Waals surface area contributed by atoms with E-state index in [1.807, 2.05) is 30.6 Å². The van der Waals surface area contributed by atoms with E-state index in [4.69, 9.17) is 4.74 Å². The number of pyridine rings is 1. The van der Waals surface area contributed by atoms with Crippen LogP contribution in [-0.2, 0) is 6.61 Å². The predicted octanol–water partition coefficient (Wildman–Crippen LogP) is 4.60. The molecule has 0 amide bonds. The minimum Gasteiger partial charge on any atom is -0.487 e. The van der Waals surface area contributed by atoms with Crippen LogP contribution in [0, 0.1) is 0 Å². The summed E-state index contributed by atoms with van der Waals surface area (Å²) in [5, 5.41) is 0. The summed E-state index contributed by atoms with van der Waals surface area (Å²) in [6.07, 6.45) is 8.86. The number of likely N-dealkylation sites (tertiary alicyclic amines) is 1. The minimum absolute atomic E-state index is 0.509. The average Bonchev–Trinajstić information content (AvgIpc) is 3.08. The van der Waals surface area contributed by atoms with Crippen LogP contribution in [0.3, 0.4) is 0 Å². The van der Waals surface area contributed by atoms with E-state index < -0.39 is 0 Å². The van der Waals surface area contributed by atoms with Gasteiger partial charge in [0.05, 0.1) is 6.20 Å². The largest absolute Gasteiger partial charge is 0.487 e. The Morgan fingerprint density at radius 3 is 2.91 bits per heavy atom. The highest BCUT2D eigenvalue weighted by atomic mass is 16.5. The lowest BCUT2D eigenvalue weighted by molar-refractivity contribution is 0.251. The molecule has 3 rings (SSSR count). The summed E-state index contributed by atoms with van der Waals surface area (Å²) in [6.45, 7) is 5.25. The summed E-state index contributed by atoms with van der Waals surface area (Å²) in [5.74, 6) is 0.869. The van der Waals surface area contributed by atoms with Crippen LogP contribution in [-0.4, -0.2) is 23.0 Å². The van der Waals surface area contributed by atoms with Gasteiger partial charge in [-0.15, -0.1) is 0 Å². The number of aromatic nitrogens is 1. The van der Waals surface area contributed by atoms with Crippen molar-refractivity contribution in [2.24, 2.45) is 0 Å². The van der Waals surface area contributed by atoms with Crippen molar-refractivity contribution in [1.82, 2.24) is 9.88 Å². The molecule has 0 saturated carbocycles. The van der Waals surface area contributed by atoms with Crippen molar-refractivity contribution < 1.29 is 4.74 Å². The molecule has 3 nitrogen and oxygen atoms in total. The lowest BCUT2D eigenvalue weighted by Crippen LogP contribution is -2.24. The molecule has 1 saturated heterocycles. The van der Waals surface area contributed by atoms with E-state index in [1.54, 1.807) is 0 Å². The van der Waals surface area contributed by atoms with E-state index >= 15 is 0 Å². The van der Waals surface area contributed by atoms with Gasteiger partial charge in [-0.05, 0) is 49.5 Å². The van der Waals surface area contributed by atoms with Gasteiger partial charge in [-0.1, -0.05) is 43.7 Å². The number of nitrogens with zero attached hydrogens (tertiary/aromatic N) is 2. The van der Waals surface area contributed by atoms with E-state index in [0.717, 1.165) is 5.75 Å². The average molecular weight is 310 g/mol. The number of benzene rings is 1. The topological polar surface area (TPSA) is 25.4 Å². The molecule has 1 aromatic carbocycles. The Bertz CT molecular complexity index is 600. The van der Waals surface area contributed by atoms with Crippen LogP contribution in [0.4, 0.5) is 0 Å². The molecular formula is C20H26N2O. The van der Waals surface area contributed by atoms with Crippen LogP contribution in [0.15, 0.2) is 48.8 Å². The summed E-state index contributed by atoms with van der Waals surface area (Å²) in [5.41, 5.74) is 2.48. The van der Waals surface area contributed by atoms with Gasteiger partial charge in [-0.25, -0.2) is 0 Å². The molecule has 1 unspecified atom stereocenters. The number of hydrogen-bond acceptors (Lipinski definition) is 3. The quantitative estimate of drug-likeness (QED) is 0.747. The zero-order valence-corrected chi connectivity index (χ0v) is 13.9. The van der Waals surface area contributed by atoms with Gasteiger partial charge in [-0.2, -0.15) is 0 Å².